The smallest absolute Gasteiger partial charge is 0.365 e. The molecule has 2 N–H and O–H groups in total. The molecule has 1 aliphatic heterocycles. The lowest BCUT2D eigenvalue weighted by molar-refractivity contribution is -0.127. The van der Waals surface area contributed by atoms with E-state index in [1.807, 2.05) is 0 Å². The fourth-order valence-electron chi connectivity index (χ4n) is 1.16. The Morgan fingerprint density at radius 2 is 2.00 bits per heavy atom. The first-order valence-corrected chi connectivity index (χ1v) is 3.78. The third-order valence-corrected chi connectivity index (χ3v) is 1.84. The minimum Gasteiger partial charge on any atom is -0.508 e. The van der Waals surface area contributed by atoms with E-state index >= 15 is 0 Å². The summed E-state index contributed by atoms with van der Waals surface area (Å²) in [7, 11) is 0. The summed E-state index contributed by atoms with van der Waals surface area (Å²) in [6.45, 7) is 0. The second-order valence-corrected chi connectivity index (χ2v) is 2.77. The number of hydrogen-bond donors (Lipinski definition) is 2. The van der Waals surface area contributed by atoms with Crippen LogP contribution in [0.5, 0.6) is 11.5 Å². The maximum absolute atomic E-state index is 11.3. The second-order valence-electron chi connectivity index (χ2n) is 2.77. The van der Waals surface area contributed by atoms with Gasteiger partial charge in [0.05, 0.1) is 5.56 Å². The summed E-state index contributed by atoms with van der Waals surface area (Å²) in [5.41, 5.74) is -0.574. The van der Waals surface area contributed by atoms with Gasteiger partial charge in [-0.3, -0.25) is 10.2 Å². The van der Waals surface area contributed by atoms with Crippen LogP contribution in [0.15, 0.2) is 18.2 Å². The monoisotopic (exact) mass is 191 g/mol. The molecule has 5 heteroatoms. The Morgan fingerprint density at radius 1 is 1.29 bits per heavy atom. The molecule has 0 atom stereocenters. The molecule has 14 heavy (non-hydrogen) atoms. The van der Waals surface area contributed by atoms with Gasteiger partial charge in [-0.1, -0.05) is 0 Å². The van der Waals surface area contributed by atoms with Crippen LogP contribution in [0.4, 0.5) is 0 Å². The van der Waals surface area contributed by atoms with Gasteiger partial charge in [0.2, 0.25) is 5.78 Å². The number of nitrogens with one attached hydrogen (secondary N) is 1. The fraction of sp³-hybridized carbons (Fsp3) is 0. The third kappa shape index (κ3) is 1.06. The summed E-state index contributed by atoms with van der Waals surface area (Å²) in [4.78, 5) is 22.3. The summed E-state index contributed by atoms with van der Waals surface area (Å²) in [6, 6.07) is 3.77. The molecule has 1 aromatic carbocycles. The second kappa shape index (κ2) is 2.66. The van der Waals surface area contributed by atoms with Gasteiger partial charge < -0.3 is 9.84 Å². The molecule has 1 aliphatic rings. The fourth-order valence-corrected chi connectivity index (χ4v) is 1.16. The number of phenolic OH excluding ortho intramolecular Hbond substituents is 1. The normalized spacial score (nSPS) is 15.0. The third-order valence-electron chi connectivity index (χ3n) is 1.84. The molecule has 0 saturated heterocycles. The van der Waals surface area contributed by atoms with Crippen LogP contribution < -0.4 is 4.74 Å². The van der Waals surface area contributed by atoms with E-state index in [1.54, 1.807) is 0 Å². The van der Waals surface area contributed by atoms with Gasteiger partial charge in [0.1, 0.15) is 11.5 Å². The average molecular weight is 191 g/mol. The van der Waals surface area contributed by atoms with Crippen molar-refractivity contribution in [2.75, 3.05) is 0 Å². The molecule has 1 heterocycles. The van der Waals surface area contributed by atoms with Gasteiger partial charge in [-0.15, -0.1) is 0 Å². The number of fused-ring (bicyclic) bond motifs is 1. The van der Waals surface area contributed by atoms with Gasteiger partial charge in [-0.2, -0.15) is 0 Å². The van der Waals surface area contributed by atoms with Crippen molar-refractivity contribution in [3.05, 3.63) is 23.8 Å². The summed E-state index contributed by atoms with van der Waals surface area (Å²) in [6.07, 6.45) is 0. The zero-order valence-corrected chi connectivity index (χ0v) is 6.90. The molecule has 0 spiro atoms. The number of ether oxygens (including phenoxy) is 1. The molecule has 0 unspecified atom stereocenters. The minimum atomic E-state index is -0.992. The van der Waals surface area contributed by atoms with E-state index in [1.165, 1.54) is 12.1 Å². The maximum atomic E-state index is 11.3. The van der Waals surface area contributed by atoms with Gasteiger partial charge in [0.15, 0.2) is 5.71 Å². The van der Waals surface area contributed by atoms with E-state index in [-0.39, 0.29) is 17.1 Å². The van der Waals surface area contributed by atoms with E-state index in [0.717, 1.165) is 6.07 Å². The number of ketones is 1. The molecule has 1 aromatic rings. The molecular formula is C9H5NO4. The van der Waals surface area contributed by atoms with Crippen LogP contribution in [0.25, 0.3) is 0 Å². The number of esters is 1. The first-order chi connectivity index (χ1) is 6.59. The number of aromatic hydroxyl groups is 1. The number of hydrogen-bond acceptors (Lipinski definition) is 5. The highest BCUT2D eigenvalue weighted by Crippen LogP contribution is 2.27. The van der Waals surface area contributed by atoms with Crippen LogP contribution in [0.2, 0.25) is 0 Å². The van der Waals surface area contributed by atoms with Crippen molar-refractivity contribution in [2.24, 2.45) is 0 Å². The largest absolute Gasteiger partial charge is 0.508 e. The lowest BCUT2D eigenvalue weighted by atomic mass is 10.0. The number of phenols is 1. The Kier molecular flexibility index (Phi) is 1.60. The van der Waals surface area contributed by atoms with Crippen molar-refractivity contribution >= 4 is 17.5 Å². The minimum absolute atomic E-state index is 0.00370. The topological polar surface area (TPSA) is 87.5 Å². The molecule has 0 radical (unpaired) electrons. The SMILES string of the molecule is N=C1C(=O)Oc2cc(O)ccc2C1=O. The highest BCUT2D eigenvalue weighted by atomic mass is 16.5. The van der Waals surface area contributed by atoms with Crippen molar-refractivity contribution in [1.29, 1.82) is 5.41 Å². The number of rotatable bonds is 0. The number of carbonyl (C=O) groups excluding carboxylic acids is 2. The Hall–Kier alpha value is -2.17. The zero-order chi connectivity index (χ0) is 10.3. The van der Waals surface area contributed by atoms with Crippen molar-refractivity contribution in [3.8, 4) is 11.5 Å². The van der Waals surface area contributed by atoms with Gasteiger partial charge in [0.25, 0.3) is 0 Å². The Balaban J connectivity index is 2.62. The highest BCUT2D eigenvalue weighted by Gasteiger charge is 2.30. The molecule has 0 saturated carbocycles. The van der Waals surface area contributed by atoms with Crippen LogP contribution in [0.1, 0.15) is 10.4 Å². The van der Waals surface area contributed by atoms with E-state index in [4.69, 9.17) is 10.5 Å². The summed E-state index contributed by atoms with van der Waals surface area (Å²) >= 11 is 0. The Labute approximate surface area is 78.4 Å². The lowest BCUT2D eigenvalue weighted by Crippen LogP contribution is -2.32. The molecule has 0 fully saturated rings. The predicted octanol–water partition coefficient (Wildman–Crippen LogP) is 0.514. The zero-order valence-electron chi connectivity index (χ0n) is 6.90. The first kappa shape index (κ1) is 8.43. The molecule has 0 amide bonds. The Bertz CT molecular complexity index is 464. The van der Waals surface area contributed by atoms with Crippen molar-refractivity contribution in [2.45, 2.75) is 0 Å². The van der Waals surface area contributed by atoms with E-state index < -0.39 is 17.5 Å². The van der Waals surface area contributed by atoms with Crippen molar-refractivity contribution in [3.63, 3.8) is 0 Å². The van der Waals surface area contributed by atoms with Crippen LogP contribution in [-0.2, 0) is 4.79 Å². The van der Waals surface area contributed by atoms with Gasteiger partial charge in [0, 0.05) is 6.07 Å². The summed E-state index contributed by atoms with van der Waals surface area (Å²) < 4.78 is 4.65. The van der Waals surface area contributed by atoms with Crippen LogP contribution in [-0.4, -0.2) is 22.6 Å². The molecular weight excluding hydrogens is 186 g/mol. The van der Waals surface area contributed by atoms with Crippen molar-refractivity contribution in [1.82, 2.24) is 0 Å². The van der Waals surface area contributed by atoms with E-state index in [0.29, 0.717) is 0 Å². The summed E-state index contributed by atoms with van der Waals surface area (Å²) in [5.74, 6) is -1.78. The maximum Gasteiger partial charge on any atom is 0.365 e. The average Bonchev–Trinajstić information content (AvgIpc) is 2.14. The molecule has 0 aliphatic carbocycles. The number of benzene rings is 1. The van der Waals surface area contributed by atoms with Gasteiger partial charge in [-0.25, -0.2) is 4.79 Å². The molecule has 70 valence electrons. The predicted molar refractivity (Wildman–Crippen MR) is 45.8 cm³/mol. The van der Waals surface area contributed by atoms with Gasteiger partial charge >= 0.3 is 5.97 Å². The van der Waals surface area contributed by atoms with E-state index in [2.05, 4.69) is 4.74 Å². The van der Waals surface area contributed by atoms with E-state index in [9.17, 15) is 9.59 Å². The number of carbonyl (C=O) groups is 2. The first-order valence-electron chi connectivity index (χ1n) is 3.78. The number of Topliss-reactive ketones (excluding diaryl/α,β-unsaturated/α-hetero) is 1. The quantitative estimate of drug-likeness (QED) is 0.462. The lowest BCUT2D eigenvalue weighted by Gasteiger charge is -2.14. The standard InChI is InChI=1S/C9H5NO4/c10-7-8(12)5-2-1-4(11)3-6(5)14-9(7)13/h1-3,10-11H. The highest BCUT2D eigenvalue weighted by molar-refractivity contribution is 6.68. The molecule has 0 bridgehead atoms. The van der Waals surface area contributed by atoms with Crippen LogP contribution in [0, 0.1) is 5.41 Å². The van der Waals surface area contributed by atoms with Crippen molar-refractivity contribution < 1.29 is 19.4 Å². The van der Waals surface area contributed by atoms with Crippen LogP contribution in [0.3, 0.4) is 0 Å². The summed E-state index contributed by atoms with van der Waals surface area (Å²) in [5, 5.41) is 16.2. The Morgan fingerprint density at radius 3 is 2.71 bits per heavy atom. The van der Waals surface area contributed by atoms with Gasteiger partial charge in [-0.05, 0) is 12.1 Å². The van der Waals surface area contributed by atoms with Crippen LogP contribution >= 0.6 is 0 Å². The molecule has 0 aromatic heterocycles. The molecule has 2 rings (SSSR count). The molecule has 5 nitrogen and oxygen atoms in total.